The van der Waals surface area contributed by atoms with E-state index in [2.05, 4.69) is 4.98 Å². The molecular weight excluding hydrogens is 286 g/mol. The third-order valence-corrected chi connectivity index (χ3v) is 6.87. The van der Waals surface area contributed by atoms with Gasteiger partial charge in [-0.2, -0.15) is 4.31 Å². The molecule has 0 amide bonds. The maximum Gasteiger partial charge on any atom is 0.254 e. The normalized spacial score (nSPS) is 22.3. The predicted octanol–water partition coefficient (Wildman–Crippen LogP) is 0.959. The van der Waals surface area contributed by atoms with Crippen molar-refractivity contribution in [3.63, 3.8) is 0 Å². The van der Waals surface area contributed by atoms with Gasteiger partial charge in [-0.1, -0.05) is 24.2 Å². The van der Waals surface area contributed by atoms with Gasteiger partial charge in [0.25, 0.3) is 10.0 Å². The van der Waals surface area contributed by atoms with Crippen LogP contribution in [0.3, 0.4) is 0 Å². The third-order valence-electron chi connectivity index (χ3n) is 3.35. The van der Waals surface area contributed by atoms with Crippen LogP contribution in [0.4, 0.5) is 5.13 Å². The molecule has 1 aromatic heterocycles. The molecule has 0 spiro atoms. The number of nitrogens with zero attached hydrogens (tertiary/aromatic N) is 2. The zero-order valence-electron chi connectivity index (χ0n) is 10.9. The van der Waals surface area contributed by atoms with Crippen LogP contribution in [-0.4, -0.2) is 42.0 Å². The molecule has 19 heavy (non-hydrogen) atoms. The van der Waals surface area contributed by atoms with Crippen LogP contribution in [0.5, 0.6) is 0 Å². The molecule has 0 saturated carbocycles. The lowest BCUT2D eigenvalue weighted by atomic mass is 10.1. The van der Waals surface area contributed by atoms with Crippen LogP contribution in [0.1, 0.15) is 31.4 Å². The van der Waals surface area contributed by atoms with Crippen LogP contribution in [0.15, 0.2) is 4.21 Å². The maximum absolute atomic E-state index is 12.7. The summed E-state index contributed by atoms with van der Waals surface area (Å²) in [7, 11) is -3.61. The van der Waals surface area contributed by atoms with E-state index >= 15 is 0 Å². The standard InChI is InChI=1S/C11H19N3O3S2/c1-8-10(18-11(12)13-8)19(16,17)14-6-4-2-3-5-9(14)7-15/h9,15H,2-7H2,1H3,(H2,12,13). The molecule has 1 unspecified atom stereocenters. The second kappa shape index (κ2) is 5.74. The summed E-state index contributed by atoms with van der Waals surface area (Å²) in [6.07, 6.45) is 3.46. The van der Waals surface area contributed by atoms with Crippen molar-refractivity contribution in [2.24, 2.45) is 0 Å². The molecule has 0 aromatic carbocycles. The van der Waals surface area contributed by atoms with Crippen LogP contribution in [0.25, 0.3) is 0 Å². The summed E-state index contributed by atoms with van der Waals surface area (Å²) in [5.41, 5.74) is 6.01. The molecule has 1 saturated heterocycles. The number of aromatic nitrogens is 1. The molecular formula is C11H19N3O3S2. The molecule has 2 heterocycles. The van der Waals surface area contributed by atoms with Crippen molar-refractivity contribution >= 4 is 26.5 Å². The molecule has 1 atom stereocenters. The van der Waals surface area contributed by atoms with E-state index in [9.17, 15) is 13.5 Å². The largest absolute Gasteiger partial charge is 0.395 e. The first-order valence-corrected chi connectivity index (χ1v) is 8.58. The van der Waals surface area contributed by atoms with Gasteiger partial charge in [0.15, 0.2) is 9.34 Å². The van der Waals surface area contributed by atoms with Gasteiger partial charge in [0, 0.05) is 12.6 Å². The van der Waals surface area contributed by atoms with Crippen LogP contribution in [-0.2, 0) is 10.0 Å². The van der Waals surface area contributed by atoms with Gasteiger partial charge in [0.05, 0.1) is 12.3 Å². The van der Waals surface area contributed by atoms with E-state index < -0.39 is 10.0 Å². The number of aliphatic hydroxyl groups is 1. The Morgan fingerprint density at radius 1 is 1.47 bits per heavy atom. The summed E-state index contributed by atoms with van der Waals surface area (Å²) in [6.45, 7) is 1.95. The fourth-order valence-electron chi connectivity index (χ4n) is 2.40. The van der Waals surface area contributed by atoms with Crippen LogP contribution < -0.4 is 5.73 Å². The summed E-state index contributed by atoms with van der Waals surface area (Å²) >= 11 is 0.990. The second-order valence-corrected chi connectivity index (χ2v) is 7.84. The number of hydrogen-bond acceptors (Lipinski definition) is 6. The van der Waals surface area contributed by atoms with Gasteiger partial charge in [0.1, 0.15) is 0 Å². The number of thiazole rings is 1. The second-order valence-electron chi connectivity index (χ2n) is 4.73. The molecule has 1 aliphatic rings. The number of anilines is 1. The van der Waals surface area contributed by atoms with E-state index in [1.54, 1.807) is 6.92 Å². The monoisotopic (exact) mass is 305 g/mol. The van der Waals surface area contributed by atoms with E-state index in [1.807, 2.05) is 0 Å². The van der Waals surface area contributed by atoms with Gasteiger partial charge in [0.2, 0.25) is 0 Å². The first-order valence-electron chi connectivity index (χ1n) is 6.32. The van der Waals surface area contributed by atoms with Crippen molar-refractivity contribution in [2.45, 2.75) is 42.9 Å². The van der Waals surface area contributed by atoms with Crippen molar-refractivity contribution < 1.29 is 13.5 Å². The summed E-state index contributed by atoms with van der Waals surface area (Å²) in [5.74, 6) is 0. The Morgan fingerprint density at radius 2 is 2.21 bits per heavy atom. The van der Waals surface area contributed by atoms with Crippen molar-refractivity contribution in [1.82, 2.24) is 9.29 Å². The van der Waals surface area contributed by atoms with Gasteiger partial charge in [-0.25, -0.2) is 13.4 Å². The molecule has 3 N–H and O–H groups in total. The Bertz CT molecular complexity index is 541. The molecule has 108 valence electrons. The van der Waals surface area contributed by atoms with Crippen LogP contribution in [0, 0.1) is 6.92 Å². The van der Waals surface area contributed by atoms with Gasteiger partial charge < -0.3 is 10.8 Å². The highest BCUT2D eigenvalue weighted by atomic mass is 32.2. The molecule has 2 rings (SSSR count). The van der Waals surface area contributed by atoms with Crippen molar-refractivity contribution in [3.8, 4) is 0 Å². The molecule has 1 fully saturated rings. The van der Waals surface area contributed by atoms with Crippen LogP contribution in [0.2, 0.25) is 0 Å². The van der Waals surface area contributed by atoms with E-state index in [-0.39, 0.29) is 22.0 Å². The number of nitrogens with two attached hydrogens (primary N) is 1. The Balaban J connectivity index is 2.39. The summed E-state index contributed by atoms with van der Waals surface area (Å²) in [4.78, 5) is 3.97. The zero-order valence-corrected chi connectivity index (χ0v) is 12.5. The van der Waals surface area contributed by atoms with Gasteiger partial charge >= 0.3 is 0 Å². The van der Waals surface area contributed by atoms with E-state index in [0.717, 1.165) is 30.6 Å². The molecule has 0 aliphatic carbocycles. The minimum absolute atomic E-state index is 0.146. The predicted molar refractivity (Wildman–Crippen MR) is 74.5 cm³/mol. The molecule has 8 heteroatoms. The molecule has 0 radical (unpaired) electrons. The highest BCUT2D eigenvalue weighted by Crippen LogP contribution is 2.31. The van der Waals surface area contributed by atoms with Crippen LogP contribution >= 0.6 is 11.3 Å². The number of rotatable bonds is 3. The van der Waals surface area contributed by atoms with Crippen molar-refractivity contribution in [1.29, 1.82) is 0 Å². The SMILES string of the molecule is Cc1nc(N)sc1S(=O)(=O)N1CCCCCC1CO. The Labute approximate surface area is 117 Å². The molecule has 1 aromatic rings. The van der Waals surface area contributed by atoms with Gasteiger partial charge in [-0.15, -0.1) is 0 Å². The fraction of sp³-hybridized carbons (Fsp3) is 0.727. The Kier molecular flexibility index (Phi) is 4.44. The molecule has 0 bridgehead atoms. The molecule has 6 nitrogen and oxygen atoms in total. The number of nitrogen functional groups attached to an aromatic ring is 1. The highest BCUT2D eigenvalue weighted by Gasteiger charge is 2.34. The first-order chi connectivity index (χ1) is 8.96. The average Bonchev–Trinajstić information content (AvgIpc) is 2.59. The van der Waals surface area contributed by atoms with Crippen molar-refractivity contribution in [2.75, 3.05) is 18.9 Å². The number of hydrogen-bond donors (Lipinski definition) is 2. The van der Waals surface area contributed by atoms with Gasteiger partial charge in [-0.05, 0) is 19.8 Å². The highest BCUT2D eigenvalue weighted by molar-refractivity contribution is 7.91. The van der Waals surface area contributed by atoms with E-state index in [0.29, 0.717) is 18.7 Å². The summed E-state index contributed by atoms with van der Waals surface area (Å²) < 4.78 is 27.0. The lowest BCUT2D eigenvalue weighted by molar-refractivity contribution is 0.186. The smallest absolute Gasteiger partial charge is 0.254 e. The minimum atomic E-state index is -3.61. The van der Waals surface area contributed by atoms with E-state index in [1.165, 1.54) is 4.31 Å². The number of aryl methyl sites for hydroxylation is 1. The van der Waals surface area contributed by atoms with E-state index in [4.69, 9.17) is 5.73 Å². The lowest BCUT2D eigenvalue weighted by Crippen LogP contribution is -2.41. The Hall–Kier alpha value is -0.700. The Morgan fingerprint density at radius 3 is 2.79 bits per heavy atom. The quantitative estimate of drug-likeness (QED) is 0.867. The fourth-order valence-corrected chi connectivity index (χ4v) is 5.49. The average molecular weight is 305 g/mol. The zero-order chi connectivity index (χ0) is 14.0. The first kappa shape index (κ1) is 14.7. The maximum atomic E-state index is 12.7. The van der Waals surface area contributed by atoms with Crippen molar-refractivity contribution in [3.05, 3.63) is 5.69 Å². The summed E-state index contributed by atoms with van der Waals surface area (Å²) in [6, 6.07) is -0.338. The number of sulfonamides is 1. The van der Waals surface area contributed by atoms with Gasteiger partial charge in [-0.3, -0.25) is 0 Å². The third kappa shape index (κ3) is 2.91. The summed E-state index contributed by atoms with van der Waals surface area (Å²) in [5, 5.41) is 9.68. The number of aliphatic hydroxyl groups excluding tert-OH is 1. The lowest BCUT2D eigenvalue weighted by Gasteiger charge is -2.27. The topological polar surface area (TPSA) is 96.5 Å². The minimum Gasteiger partial charge on any atom is -0.395 e. The molecule has 1 aliphatic heterocycles.